The number of ether oxygens (including phenoxy) is 2. The molecule has 1 fully saturated rings. The number of halogens is 3. The number of rotatable bonds is 4. The van der Waals surface area contributed by atoms with E-state index in [1.807, 2.05) is 0 Å². The topological polar surface area (TPSA) is 50.8 Å². The number of carbonyl (C=O) groups excluding carboxylic acids is 1. The van der Waals surface area contributed by atoms with Gasteiger partial charge in [-0.2, -0.15) is 13.2 Å². The first-order valence-electron chi connectivity index (χ1n) is 7.38. The van der Waals surface area contributed by atoms with Crippen LogP contribution in [-0.4, -0.2) is 43.4 Å². The van der Waals surface area contributed by atoms with Crippen LogP contribution in [0.4, 0.5) is 18.9 Å². The average Bonchev–Trinajstić information content (AvgIpc) is 3.05. The van der Waals surface area contributed by atoms with Crippen LogP contribution in [-0.2, 0) is 4.79 Å². The Morgan fingerprint density at radius 1 is 1.30 bits per heavy atom. The van der Waals surface area contributed by atoms with Crippen molar-refractivity contribution in [2.24, 2.45) is 5.92 Å². The fourth-order valence-electron chi connectivity index (χ4n) is 2.93. The van der Waals surface area contributed by atoms with Gasteiger partial charge < -0.3 is 14.8 Å². The molecule has 1 N–H and O–H groups in total. The van der Waals surface area contributed by atoms with Crippen LogP contribution in [0, 0.1) is 5.92 Å². The molecule has 0 bridgehead atoms. The molecule has 1 aromatic carbocycles. The number of nitrogens with one attached hydrogen (secondary N) is 1. The summed E-state index contributed by atoms with van der Waals surface area (Å²) < 4.78 is 47.5. The molecule has 1 saturated heterocycles. The van der Waals surface area contributed by atoms with Crippen LogP contribution >= 0.6 is 0 Å². The highest BCUT2D eigenvalue weighted by Crippen LogP contribution is 2.34. The van der Waals surface area contributed by atoms with Crippen molar-refractivity contribution in [1.82, 2.24) is 4.90 Å². The minimum absolute atomic E-state index is 0.0861. The van der Waals surface area contributed by atoms with Gasteiger partial charge in [-0.1, -0.05) is 0 Å². The third-order valence-electron chi connectivity index (χ3n) is 3.91. The number of fused-ring (bicyclic) bond motifs is 1. The molecule has 0 aromatic heterocycles. The fraction of sp³-hybridized carbons (Fsp3) is 0.533. The number of amides is 1. The molecule has 1 unspecified atom stereocenters. The van der Waals surface area contributed by atoms with Crippen molar-refractivity contribution in [1.29, 1.82) is 0 Å². The van der Waals surface area contributed by atoms with Crippen LogP contribution < -0.4 is 14.8 Å². The third-order valence-corrected chi connectivity index (χ3v) is 3.91. The molecule has 1 aromatic rings. The Balaban J connectivity index is 1.48. The lowest BCUT2D eigenvalue weighted by atomic mass is 10.1. The molecule has 0 spiro atoms. The number of alkyl halides is 3. The van der Waals surface area contributed by atoms with Crippen LogP contribution in [0.1, 0.15) is 12.8 Å². The summed E-state index contributed by atoms with van der Waals surface area (Å²) in [5.74, 6) is 0.511. The summed E-state index contributed by atoms with van der Waals surface area (Å²) in [7, 11) is 0. The molecule has 2 aliphatic heterocycles. The lowest BCUT2D eigenvalue weighted by Gasteiger charge is -2.16. The lowest BCUT2D eigenvalue weighted by Crippen LogP contribution is -2.32. The maximum Gasteiger partial charge on any atom is 0.389 e. The zero-order valence-corrected chi connectivity index (χ0v) is 12.4. The number of hydrogen-bond donors (Lipinski definition) is 1. The van der Waals surface area contributed by atoms with Gasteiger partial charge in [-0.25, -0.2) is 0 Å². The monoisotopic (exact) mass is 330 g/mol. The normalized spacial score (nSPS) is 20.7. The fourth-order valence-corrected chi connectivity index (χ4v) is 2.93. The molecule has 0 saturated carbocycles. The molecule has 3 rings (SSSR count). The molecule has 126 valence electrons. The Morgan fingerprint density at radius 2 is 2.09 bits per heavy atom. The molecule has 0 radical (unpaired) electrons. The molecule has 0 aliphatic carbocycles. The van der Waals surface area contributed by atoms with Crippen LogP contribution in [0.25, 0.3) is 0 Å². The van der Waals surface area contributed by atoms with E-state index in [0.717, 1.165) is 0 Å². The van der Waals surface area contributed by atoms with Gasteiger partial charge in [0.15, 0.2) is 11.5 Å². The zero-order chi connectivity index (χ0) is 16.4. The number of benzene rings is 1. The van der Waals surface area contributed by atoms with Crippen molar-refractivity contribution in [3.63, 3.8) is 0 Å². The van der Waals surface area contributed by atoms with E-state index in [1.165, 1.54) is 0 Å². The highest BCUT2D eigenvalue weighted by molar-refractivity contribution is 5.92. The Hall–Kier alpha value is -1.96. The van der Waals surface area contributed by atoms with Crippen LogP contribution in [0.2, 0.25) is 0 Å². The number of likely N-dealkylation sites (tertiary alicyclic amines) is 1. The highest BCUT2D eigenvalue weighted by atomic mass is 19.4. The highest BCUT2D eigenvalue weighted by Gasteiger charge is 2.35. The first-order valence-corrected chi connectivity index (χ1v) is 7.38. The van der Waals surface area contributed by atoms with Gasteiger partial charge >= 0.3 is 6.18 Å². The molecular formula is C15H17F3N2O3. The first-order chi connectivity index (χ1) is 10.9. The van der Waals surface area contributed by atoms with Gasteiger partial charge in [0.2, 0.25) is 12.7 Å². The van der Waals surface area contributed by atoms with Crippen LogP contribution in [0.5, 0.6) is 11.5 Å². The van der Waals surface area contributed by atoms with Gasteiger partial charge in [-0.15, -0.1) is 0 Å². The van der Waals surface area contributed by atoms with Gasteiger partial charge in [0.25, 0.3) is 0 Å². The summed E-state index contributed by atoms with van der Waals surface area (Å²) in [6.07, 6.45) is -4.46. The minimum Gasteiger partial charge on any atom is -0.454 e. The number of carbonyl (C=O) groups is 1. The number of nitrogens with zero attached hydrogens (tertiary/aromatic N) is 1. The van der Waals surface area contributed by atoms with Gasteiger partial charge in [-0.3, -0.25) is 9.69 Å². The largest absolute Gasteiger partial charge is 0.454 e. The summed E-state index contributed by atoms with van der Waals surface area (Å²) in [6, 6.07) is 5.06. The molecule has 8 heteroatoms. The Bertz CT molecular complexity index is 592. The van der Waals surface area contributed by atoms with Crippen molar-refractivity contribution in [3.8, 4) is 11.5 Å². The zero-order valence-electron chi connectivity index (χ0n) is 12.4. The van der Waals surface area contributed by atoms with Crippen molar-refractivity contribution in [2.75, 3.05) is 31.7 Å². The average molecular weight is 330 g/mol. The molecule has 2 aliphatic rings. The summed E-state index contributed by atoms with van der Waals surface area (Å²) in [4.78, 5) is 13.8. The van der Waals surface area contributed by atoms with E-state index in [0.29, 0.717) is 36.7 Å². The van der Waals surface area contributed by atoms with Crippen molar-refractivity contribution in [3.05, 3.63) is 18.2 Å². The second kappa shape index (κ2) is 6.27. The van der Waals surface area contributed by atoms with E-state index in [-0.39, 0.29) is 19.2 Å². The summed E-state index contributed by atoms with van der Waals surface area (Å²) in [6.45, 7) is 1.05. The van der Waals surface area contributed by atoms with Crippen molar-refractivity contribution in [2.45, 2.75) is 19.0 Å². The van der Waals surface area contributed by atoms with Gasteiger partial charge in [0.05, 0.1) is 6.54 Å². The molecular weight excluding hydrogens is 313 g/mol. The summed E-state index contributed by atoms with van der Waals surface area (Å²) >= 11 is 0. The van der Waals surface area contributed by atoms with Crippen LogP contribution in [0.15, 0.2) is 18.2 Å². The van der Waals surface area contributed by atoms with Gasteiger partial charge in [-0.05, 0) is 31.0 Å². The molecule has 1 amide bonds. The maximum atomic E-state index is 12.4. The number of anilines is 1. The van der Waals surface area contributed by atoms with E-state index in [9.17, 15) is 18.0 Å². The van der Waals surface area contributed by atoms with E-state index in [4.69, 9.17) is 9.47 Å². The Kier molecular flexibility index (Phi) is 4.34. The quantitative estimate of drug-likeness (QED) is 0.922. The second-order valence-corrected chi connectivity index (χ2v) is 5.83. The molecule has 1 atom stereocenters. The maximum absolute atomic E-state index is 12.4. The van der Waals surface area contributed by atoms with E-state index < -0.39 is 18.5 Å². The molecule has 2 heterocycles. The Labute approximate surface area is 131 Å². The van der Waals surface area contributed by atoms with Crippen molar-refractivity contribution >= 4 is 11.6 Å². The third kappa shape index (κ3) is 4.28. The molecule has 5 nitrogen and oxygen atoms in total. The minimum atomic E-state index is -4.14. The van der Waals surface area contributed by atoms with E-state index in [1.54, 1.807) is 23.1 Å². The SMILES string of the molecule is O=C(CN1CCC(CC(F)(F)F)C1)Nc1ccc2c(c1)OCO2. The number of hydrogen-bond acceptors (Lipinski definition) is 4. The van der Waals surface area contributed by atoms with Crippen molar-refractivity contribution < 1.29 is 27.4 Å². The standard InChI is InChI=1S/C15H17F3N2O3/c16-15(17,18)6-10-3-4-20(7-10)8-14(21)19-11-1-2-12-13(5-11)23-9-22-12/h1-2,5,10H,3-4,6-9H2,(H,19,21). The van der Waals surface area contributed by atoms with Gasteiger partial charge in [0.1, 0.15) is 0 Å². The second-order valence-electron chi connectivity index (χ2n) is 5.83. The van der Waals surface area contributed by atoms with Gasteiger partial charge in [0, 0.05) is 24.7 Å². The van der Waals surface area contributed by atoms with Crippen LogP contribution in [0.3, 0.4) is 0 Å². The van der Waals surface area contributed by atoms with E-state index in [2.05, 4.69) is 5.32 Å². The summed E-state index contributed by atoms with van der Waals surface area (Å²) in [5.41, 5.74) is 0.574. The smallest absolute Gasteiger partial charge is 0.389 e. The molecule has 23 heavy (non-hydrogen) atoms. The predicted octanol–water partition coefficient (Wildman–Crippen LogP) is 2.63. The predicted molar refractivity (Wildman–Crippen MR) is 76.4 cm³/mol. The first kappa shape index (κ1) is 15.9. The summed E-state index contributed by atoms with van der Waals surface area (Å²) in [5, 5.41) is 2.72. The Morgan fingerprint density at radius 3 is 2.87 bits per heavy atom. The lowest BCUT2D eigenvalue weighted by molar-refractivity contribution is -0.143. The van der Waals surface area contributed by atoms with E-state index >= 15 is 0 Å².